The van der Waals surface area contributed by atoms with Gasteiger partial charge in [-0.05, 0) is 49.1 Å². The number of rotatable bonds is 6. The van der Waals surface area contributed by atoms with E-state index in [1.165, 1.54) is 34.8 Å². The van der Waals surface area contributed by atoms with E-state index in [-0.39, 0.29) is 22.1 Å². The lowest BCUT2D eigenvalue weighted by Gasteiger charge is -2.16. The molecule has 1 aromatic carbocycles. The minimum atomic E-state index is -4.54. The molecular formula is C18H18F3N3OS2. The van der Waals surface area contributed by atoms with Crippen LogP contribution in [0.3, 0.4) is 0 Å². The topological polar surface area (TPSA) is 51.4 Å². The largest absolute Gasteiger partial charge is 0.492 e. The number of thiophene rings is 1. The Morgan fingerprint density at radius 1 is 1.22 bits per heavy atom. The maximum absolute atomic E-state index is 13.7. The van der Waals surface area contributed by atoms with Crippen molar-refractivity contribution in [3.05, 3.63) is 40.6 Å². The van der Waals surface area contributed by atoms with Gasteiger partial charge >= 0.3 is 6.18 Å². The molecule has 0 aliphatic heterocycles. The normalized spacial score (nSPS) is 11.9. The van der Waals surface area contributed by atoms with E-state index < -0.39 is 11.7 Å². The highest BCUT2D eigenvalue weighted by Crippen LogP contribution is 2.44. The van der Waals surface area contributed by atoms with Crippen molar-refractivity contribution in [1.29, 1.82) is 0 Å². The van der Waals surface area contributed by atoms with E-state index in [0.29, 0.717) is 18.0 Å². The lowest BCUT2D eigenvalue weighted by Crippen LogP contribution is -2.19. The van der Waals surface area contributed by atoms with Gasteiger partial charge in [0, 0.05) is 17.7 Å². The molecule has 3 rings (SSSR count). The van der Waals surface area contributed by atoms with Crippen LogP contribution in [0, 0.1) is 0 Å². The maximum atomic E-state index is 13.7. The smallest absolute Gasteiger partial charge is 0.417 e. The van der Waals surface area contributed by atoms with E-state index in [0.717, 1.165) is 11.6 Å². The predicted octanol–water partition coefficient (Wildman–Crippen LogP) is 5.08. The van der Waals surface area contributed by atoms with Crippen LogP contribution >= 0.6 is 22.7 Å². The first-order valence-corrected chi connectivity index (χ1v) is 9.79. The first kappa shape index (κ1) is 19.7. The summed E-state index contributed by atoms with van der Waals surface area (Å²) in [6, 6.07) is 5.80. The summed E-state index contributed by atoms with van der Waals surface area (Å²) in [6.45, 7) is 0.904. The molecule has 0 aliphatic rings. The van der Waals surface area contributed by atoms with Crippen molar-refractivity contribution in [2.24, 2.45) is 0 Å². The number of likely N-dealkylation sites (N-methyl/N-ethyl adjacent to an activating group) is 1. The van der Waals surface area contributed by atoms with Crippen molar-refractivity contribution >= 4 is 27.8 Å². The molecule has 3 aromatic rings. The van der Waals surface area contributed by atoms with Crippen LogP contribution in [0.15, 0.2) is 35.0 Å². The Balaban J connectivity index is 2.03. The number of nitrogens with zero attached hydrogens (tertiary/aromatic N) is 2. The number of nitrogens with two attached hydrogens (primary N) is 1. The molecule has 0 fully saturated rings. The molecular weight excluding hydrogens is 395 g/mol. The number of nitrogen functional groups attached to an aromatic ring is 1. The van der Waals surface area contributed by atoms with Gasteiger partial charge in [0.2, 0.25) is 0 Å². The fourth-order valence-electron chi connectivity index (χ4n) is 2.51. The van der Waals surface area contributed by atoms with E-state index in [1.54, 1.807) is 0 Å². The summed E-state index contributed by atoms with van der Waals surface area (Å²) in [5.74, 6) is 0.174. The quantitative estimate of drug-likeness (QED) is 0.612. The highest BCUT2D eigenvalue weighted by Gasteiger charge is 2.35. The Morgan fingerprint density at radius 2 is 2.00 bits per heavy atom. The lowest BCUT2D eigenvalue weighted by molar-refractivity contribution is -0.137. The molecule has 144 valence electrons. The number of hydrogen-bond donors (Lipinski definition) is 1. The Morgan fingerprint density at radius 3 is 2.63 bits per heavy atom. The van der Waals surface area contributed by atoms with Crippen LogP contribution in [0.1, 0.15) is 5.56 Å². The minimum Gasteiger partial charge on any atom is -0.492 e. The standard InChI is InChI=1S/C18H18F3N3OS2/c1-24(2)6-7-25-12-3-4-13(14(9-12)18(19,20)21)15-16(27-17(22)23-15)11-5-8-26-10-11/h3-5,8-10H,6-7H2,1-2H3,(H2,22,23). The van der Waals surface area contributed by atoms with Crippen molar-refractivity contribution in [2.45, 2.75) is 6.18 Å². The third-order valence-corrected chi connectivity index (χ3v) is 5.40. The zero-order valence-electron chi connectivity index (χ0n) is 14.7. The molecule has 0 saturated heterocycles. The van der Waals surface area contributed by atoms with E-state index in [9.17, 15) is 13.2 Å². The molecule has 2 aromatic heterocycles. The number of benzene rings is 1. The van der Waals surface area contributed by atoms with Gasteiger partial charge in [-0.25, -0.2) is 4.98 Å². The van der Waals surface area contributed by atoms with Crippen LogP contribution in [-0.4, -0.2) is 37.1 Å². The van der Waals surface area contributed by atoms with Crippen LogP contribution in [-0.2, 0) is 6.18 Å². The molecule has 0 bridgehead atoms. The number of hydrogen-bond acceptors (Lipinski definition) is 6. The zero-order valence-corrected chi connectivity index (χ0v) is 16.3. The van der Waals surface area contributed by atoms with Gasteiger partial charge < -0.3 is 15.4 Å². The fraction of sp³-hybridized carbons (Fsp3) is 0.278. The molecule has 0 spiro atoms. The van der Waals surface area contributed by atoms with E-state index >= 15 is 0 Å². The van der Waals surface area contributed by atoms with Crippen molar-refractivity contribution in [1.82, 2.24) is 9.88 Å². The molecule has 0 unspecified atom stereocenters. The predicted molar refractivity (Wildman–Crippen MR) is 104 cm³/mol. The Kier molecular flexibility index (Phi) is 5.73. The van der Waals surface area contributed by atoms with Crippen molar-refractivity contribution in [3.8, 4) is 27.4 Å². The molecule has 0 aliphatic carbocycles. The number of anilines is 1. The van der Waals surface area contributed by atoms with Gasteiger partial charge in [0.05, 0.1) is 16.1 Å². The molecule has 27 heavy (non-hydrogen) atoms. The fourth-order valence-corrected chi connectivity index (χ4v) is 4.07. The molecule has 2 N–H and O–H groups in total. The summed E-state index contributed by atoms with van der Waals surface area (Å²) in [7, 11) is 3.73. The summed E-state index contributed by atoms with van der Waals surface area (Å²) < 4.78 is 46.7. The van der Waals surface area contributed by atoms with Gasteiger partial charge in [-0.3, -0.25) is 0 Å². The number of aromatic nitrogens is 1. The summed E-state index contributed by atoms with van der Waals surface area (Å²) in [6.07, 6.45) is -4.54. The van der Waals surface area contributed by atoms with Crippen LogP contribution in [0.4, 0.5) is 18.3 Å². The van der Waals surface area contributed by atoms with Gasteiger partial charge in [-0.15, -0.1) is 0 Å². The number of halogens is 3. The van der Waals surface area contributed by atoms with Crippen LogP contribution in [0.5, 0.6) is 5.75 Å². The van der Waals surface area contributed by atoms with Gasteiger partial charge in [-0.2, -0.15) is 24.5 Å². The second kappa shape index (κ2) is 7.87. The second-order valence-corrected chi connectivity index (χ2v) is 7.91. The van der Waals surface area contributed by atoms with Crippen LogP contribution in [0.25, 0.3) is 21.7 Å². The molecule has 0 radical (unpaired) electrons. The van der Waals surface area contributed by atoms with E-state index in [2.05, 4.69) is 4.98 Å². The highest BCUT2D eigenvalue weighted by atomic mass is 32.1. The summed E-state index contributed by atoms with van der Waals surface area (Å²) in [5, 5.41) is 3.95. The average Bonchev–Trinajstić information content (AvgIpc) is 3.23. The number of ether oxygens (including phenoxy) is 1. The van der Waals surface area contributed by atoms with Gasteiger partial charge in [-0.1, -0.05) is 11.3 Å². The number of alkyl halides is 3. The molecule has 9 heteroatoms. The van der Waals surface area contributed by atoms with E-state index in [1.807, 2.05) is 35.8 Å². The summed E-state index contributed by atoms with van der Waals surface area (Å²) >= 11 is 2.64. The zero-order chi connectivity index (χ0) is 19.6. The molecule has 0 atom stereocenters. The first-order chi connectivity index (χ1) is 12.8. The molecule has 2 heterocycles. The van der Waals surface area contributed by atoms with E-state index in [4.69, 9.17) is 10.5 Å². The number of thiazole rings is 1. The summed E-state index contributed by atoms with van der Waals surface area (Å²) in [4.78, 5) is 6.70. The van der Waals surface area contributed by atoms with Crippen LogP contribution in [0.2, 0.25) is 0 Å². The Hall–Kier alpha value is -2.10. The minimum absolute atomic E-state index is 0.00314. The Labute approximate surface area is 163 Å². The summed E-state index contributed by atoms with van der Waals surface area (Å²) in [5.41, 5.74) is 6.07. The lowest BCUT2D eigenvalue weighted by atomic mass is 10.0. The van der Waals surface area contributed by atoms with Gasteiger partial charge in [0.25, 0.3) is 0 Å². The van der Waals surface area contributed by atoms with Gasteiger partial charge in [0.15, 0.2) is 5.13 Å². The van der Waals surface area contributed by atoms with Gasteiger partial charge in [0.1, 0.15) is 12.4 Å². The third-order valence-electron chi connectivity index (χ3n) is 3.79. The van der Waals surface area contributed by atoms with Crippen LogP contribution < -0.4 is 10.5 Å². The highest BCUT2D eigenvalue weighted by molar-refractivity contribution is 7.19. The first-order valence-electron chi connectivity index (χ1n) is 8.03. The molecule has 4 nitrogen and oxygen atoms in total. The second-order valence-electron chi connectivity index (χ2n) is 6.10. The van der Waals surface area contributed by atoms with Crippen molar-refractivity contribution < 1.29 is 17.9 Å². The van der Waals surface area contributed by atoms with Crippen molar-refractivity contribution in [3.63, 3.8) is 0 Å². The molecule has 0 saturated carbocycles. The molecule has 0 amide bonds. The average molecular weight is 413 g/mol. The third kappa shape index (κ3) is 4.60. The van der Waals surface area contributed by atoms with Crippen molar-refractivity contribution in [2.75, 3.05) is 33.0 Å². The monoisotopic (exact) mass is 413 g/mol. The SMILES string of the molecule is CN(C)CCOc1ccc(-c2nc(N)sc2-c2ccsc2)c(C(F)(F)F)c1. The maximum Gasteiger partial charge on any atom is 0.417 e. The Bertz CT molecular complexity index is 905.